The van der Waals surface area contributed by atoms with Crippen LogP contribution in [0.25, 0.3) is 11.0 Å². The average Bonchev–Trinajstić information content (AvgIpc) is 2.87. The van der Waals surface area contributed by atoms with E-state index in [-0.39, 0.29) is 18.8 Å². The van der Waals surface area contributed by atoms with Gasteiger partial charge in [-0.2, -0.15) is 0 Å². The summed E-state index contributed by atoms with van der Waals surface area (Å²) in [5.41, 5.74) is -0.892. The molecule has 1 aromatic heterocycles. The summed E-state index contributed by atoms with van der Waals surface area (Å²) < 4.78 is 15.1. The Balaban J connectivity index is 1.72. The summed E-state index contributed by atoms with van der Waals surface area (Å²) in [6, 6.07) is 5.08. The lowest BCUT2D eigenvalue weighted by atomic mass is 10.1. The van der Waals surface area contributed by atoms with Crippen LogP contribution in [0, 0.1) is 0 Å². The van der Waals surface area contributed by atoms with Gasteiger partial charge in [0.2, 0.25) is 0 Å². The van der Waals surface area contributed by atoms with Crippen molar-refractivity contribution in [2.24, 2.45) is 0 Å². The molecule has 11 nitrogen and oxygen atoms in total. The number of rotatable bonds is 6. The molecule has 164 valence electrons. The van der Waals surface area contributed by atoms with Crippen LogP contribution < -0.4 is 16.3 Å². The zero-order valence-electron chi connectivity index (χ0n) is 17.1. The highest BCUT2D eigenvalue weighted by atomic mass is 16.5. The molecule has 1 aliphatic heterocycles. The van der Waals surface area contributed by atoms with E-state index in [1.165, 1.54) is 26.0 Å². The van der Waals surface area contributed by atoms with Crippen LogP contribution in [0.4, 0.5) is 15.3 Å². The van der Waals surface area contributed by atoms with Gasteiger partial charge in [-0.1, -0.05) is 0 Å². The number of esters is 1. The van der Waals surface area contributed by atoms with E-state index in [9.17, 15) is 24.0 Å². The molecule has 0 spiro atoms. The van der Waals surface area contributed by atoms with Crippen LogP contribution in [-0.4, -0.2) is 47.6 Å². The molecule has 31 heavy (non-hydrogen) atoms. The highest BCUT2D eigenvalue weighted by molar-refractivity contribution is 6.08. The lowest BCUT2D eigenvalue weighted by Gasteiger charge is -2.15. The van der Waals surface area contributed by atoms with Crippen molar-refractivity contribution in [2.75, 3.05) is 18.5 Å². The van der Waals surface area contributed by atoms with E-state index in [1.807, 2.05) is 0 Å². The number of hydrogen-bond donors (Lipinski definition) is 2. The molecule has 2 heterocycles. The second kappa shape index (κ2) is 8.46. The van der Waals surface area contributed by atoms with E-state index >= 15 is 0 Å². The smallest absolute Gasteiger partial charge is 0.411 e. The van der Waals surface area contributed by atoms with Crippen LogP contribution in [0.15, 0.2) is 33.5 Å². The number of carbonyl (C=O) groups is 4. The molecule has 3 rings (SSSR count). The molecule has 0 radical (unpaired) electrons. The maximum absolute atomic E-state index is 12.2. The van der Waals surface area contributed by atoms with Crippen molar-refractivity contribution >= 4 is 40.7 Å². The third-order valence-corrected chi connectivity index (χ3v) is 4.47. The first-order chi connectivity index (χ1) is 14.6. The monoisotopic (exact) mass is 431 g/mol. The fraction of sp³-hybridized carbons (Fsp3) is 0.350. The SMILES string of the molecule is CCOC(=O)Nc1ccc2c(COC(=O)CN3C(=O)NC(C)(C)C3=O)cc(=O)oc2c1. The van der Waals surface area contributed by atoms with Gasteiger partial charge in [-0.3, -0.25) is 19.8 Å². The number of ether oxygens (including phenoxy) is 2. The van der Waals surface area contributed by atoms with Crippen molar-refractivity contribution in [1.29, 1.82) is 0 Å². The number of imide groups is 1. The Labute approximate surface area is 176 Å². The van der Waals surface area contributed by atoms with Gasteiger partial charge in [0.15, 0.2) is 0 Å². The highest BCUT2D eigenvalue weighted by Gasteiger charge is 2.45. The lowest BCUT2D eigenvalue weighted by Crippen LogP contribution is -2.41. The van der Waals surface area contributed by atoms with Crippen LogP contribution in [-0.2, 0) is 25.7 Å². The van der Waals surface area contributed by atoms with Crippen molar-refractivity contribution in [2.45, 2.75) is 32.9 Å². The molecule has 0 aliphatic carbocycles. The predicted molar refractivity (Wildman–Crippen MR) is 107 cm³/mol. The molecule has 2 aromatic rings. The van der Waals surface area contributed by atoms with Crippen LogP contribution in [0.1, 0.15) is 26.3 Å². The number of nitrogens with one attached hydrogen (secondary N) is 2. The second-order valence-electron chi connectivity index (χ2n) is 7.25. The molecule has 11 heteroatoms. The van der Waals surface area contributed by atoms with E-state index in [1.54, 1.807) is 19.1 Å². The maximum atomic E-state index is 12.2. The van der Waals surface area contributed by atoms with Crippen molar-refractivity contribution in [3.8, 4) is 0 Å². The van der Waals surface area contributed by atoms with Crippen LogP contribution in [0.5, 0.6) is 0 Å². The van der Waals surface area contributed by atoms with Crippen molar-refractivity contribution in [3.05, 3.63) is 40.2 Å². The molecular formula is C20H21N3O8. The molecule has 2 N–H and O–H groups in total. The van der Waals surface area contributed by atoms with Crippen molar-refractivity contribution < 1.29 is 33.1 Å². The Morgan fingerprint density at radius 1 is 1.16 bits per heavy atom. The number of hydrogen-bond acceptors (Lipinski definition) is 8. The summed E-state index contributed by atoms with van der Waals surface area (Å²) in [5.74, 6) is -1.36. The minimum atomic E-state index is -1.10. The Morgan fingerprint density at radius 3 is 2.55 bits per heavy atom. The zero-order valence-corrected chi connectivity index (χ0v) is 17.1. The molecule has 0 bridgehead atoms. The fourth-order valence-electron chi connectivity index (χ4n) is 3.01. The average molecular weight is 431 g/mol. The Kier molecular flexibility index (Phi) is 5.95. The second-order valence-corrected chi connectivity index (χ2v) is 7.25. The number of carbonyl (C=O) groups excluding carboxylic acids is 4. The van der Waals surface area contributed by atoms with E-state index in [0.29, 0.717) is 16.6 Å². The number of anilines is 1. The maximum Gasteiger partial charge on any atom is 0.411 e. The standard InChI is InChI=1S/C20H21N3O8/c1-4-29-19(28)21-12-5-6-13-11(7-15(24)31-14(13)8-12)10-30-16(25)9-23-17(26)20(2,3)22-18(23)27/h5-8H,4,9-10H2,1-3H3,(H,21,28)(H,22,27). The first-order valence-electron chi connectivity index (χ1n) is 9.41. The third-order valence-electron chi connectivity index (χ3n) is 4.47. The summed E-state index contributed by atoms with van der Waals surface area (Å²) in [5, 5.41) is 5.45. The lowest BCUT2D eigenvalue weighted by molar-refractivity contribution is -0.148. The van der Waals surface area contributed by atoms with Crippen LogP contribution in [0.2, 0.25) is 0 Å². The minimum absolute atomic E-state index is 0.170. The number of fused-ring (bicyclic) bond motifs is 1. The van der Waals surface area contributed by atoms with E-state index < -0.39 is 41.7 Å². The fourth-order valence-corrected chi connectivity index (χ4v) is 3.01. The Hall–Kier alpha value is -3.89. The van der Waals surface area contributed by atoms with Gasteiger partial charge in [0.05, 0.1) is 6.61 Å². The topological polar surface area (TPSA) is 144 Å². The van der Waals surface area contributed by atoms with Gasteiger partial charge < -0.3 is 19.2 Å². The quantitative estimate of drug-likeness (QED) is 0.400. The summed E-state index contributed by atoms with van der Waals surface area (Å²) in [4.78, 5) is 60.4. The summed E-state index contributed by atoms with van der Waals surface area (Å²) in [6.07, 6.45) is -0.655. The largest absolute Gasteiger partial charge is 0.459 e. The highest BCUT2D eigenvalue weighted by Crippen LogP contribution is 2.22. The van der Waals surface area contributed by atoms with Gasteiger partial charge in [0.25, 0.3) is 5.91 Å². The van der Waals surface area contributed by atoms with Gasteiger partial charge in [-0.05, 0) is 32.9 Å². The van der Waals surface area contributed by atoms with E-state index in [4.69, 9.17) is 13.9 Å². The molecule has 0 unspecified atom stereocenters. The van der Waals surface area contributed by atoms with E-state index in [0.717, 1.165) is 4.90 Å². The third kappa shape index (κ3) is 4.82. The minimum Gasteiger partial charge on any atom is -0.459 e. The number of benzene rings is 1. The normalized spacial score (nSPS) is 15.0. The van der Waals surface area contributed by atoms with Gasteiger partial charge in [-0.15, -0.1) is 0 Å². The number of nitrogens with zero attached hydrogens (tertiary/aromatic N) is 1. The van der Waals surface area contributed by atoms with Crippen LogP contribution in [0.3, 0.4) is 0 Å². The first kappa shape index (κ1) is 21.8. The number of urea groups is 1. The first-order valence-corrected chi connectivity index (χ1v) is 9.41. The molecule has 4 amide bonds. The van der Waals surface area contributed by atoms with Gasteiger partial charge in [0.1, 0.15) is 24.3 Å². The van der Waals surface area contributed by atoms with Crippen molar-refractivity contribution in [1.82, 2.24) is 10.2 Å². The summed E-state index contributed by atoms with van der Waals surface area (Å²) in [6.45, 7) is 4.09. The van der Waals surface area contributed by atoms with Gasteiger partial charge in [-0.25, -0.2) is 14.4 Å². The number of amides is 4. The summed E-state index contributed by atoms with van der Waals surface area (Å²) >= 11 is 0. The Bertz CT molecular complexity index is 1120. The molecule has 0 saturated carbocycles. The molecular weight excluding hydrogens is 410 g/mol. The molecule has 1 aliphatic rings. The van der Waals surface area contributed by atoms with E-state index in [2.05, 4.69) is 10.6 Å². The van der Waals surface area contributed by atoms with Gasteiger partial charge >= 0.3 is 23.7 Å². The zero-order chi connectivity index (χ0) is 22.8. The predicted octanol–water partition coefficient (Wildman–Crippen LogP) is 1.73. The van der Waals surface area contributed by atoms with Crippen molar-refractivity contribution in [3.63, 3.8) is 0 Å². The molecule has 1 fully saturated rings. The molecule has 1 saturated heterocycles. The molecule has 1 aromatic carbocycles. The van der Waals surface area contributed by atoms with Crippen LogP contribution >= 0.6 is 0 Å². The summed E-state index contributed by atoms with van der Waals surface area (Å²) in [7, 11) is 0. The Morgan fingerprint density at radius 2 is 1.90 bits per heavy atom. The van der Waals surface area contributed by atoms with Gasteiger partial charge in [0, 0.05) is 28.8 Å². The molecule has 0 atom stereocenters.